The summed E-state index contributed by atoms with van der Waals surface area (Å²) in [6.45, 7) is 4.69. The normalized spacial score (nSPS) is 12.1. The molecular formula is C26H26FN3O. The van der Waals surface area contributed by atoms with Crippen molar-refractivity contribution in [3.8, 4) is 0 Å². The van der Waals surface area contributed by atoms with E-state index in [1.807, 2.05) is 19.1 Å². The number of halogens is 1. The first-order valence-electron chi connectivity index (χ1n) is 10.5. The van der Waals surface area contributed by atoms with E-state index >= 15 is 0 Å². The molecule has 1 atom stereocenters. The summed E-state index contributed by atoms with van der Waals surface area (Å²) in [5.74, 6) is -0.311. The van der Waals surface area contributed by atoms with Crippen molar-refractivity contribution < 1.29 is 9.18 Å². The Morgan fingerprint density at radius 2 is 1.84 bits per heavy atom. The zero-order valence-electron chi connectivity index (χ0n) is 17.8. The van der Waals surface area contributed by atoms with E-state index in [2.05, 4.69) is 52.1 Å². The van der Waals surface area contributed by atoms with Gasteiger partial charge < -0.3 is 9.88 Å². The minimum Gasteiger partial charge on any atom is -0.350 e. The lowest BCUT2D eigenvalue weighted by Crippen LogP contribution is -2.27. The van der Waals surface area contributed by atoms with Crippen LogP contribution in [0.2, 0.25) is 0 Å². The van der Waals surface area contributed by atoms with Gasteiger partial charge in [0.15, 0.2) is 0 Å². The predicted molar refractivity (Wildman–Crippen MR) is 121 cm³/mol. The van der Waals surface area contributed by atoms with Crippen molar-refractivity contribution >= 4 is 16.9 Å². The summed E-state index contributed by atoms with van der Waals surface area (Å²) in [5.41, 5.74) is 5.32. The van der Waals surface area contributed by atoms with Crippen LogP contribution in [0.1, 0.15) is 41.8 Å². The molecule has 0 radical (unpaired) electrons. The fourth-order valence-corrected chi connectivity index (χ4v) is 3.79. The van der Waals surface area contributed by atoms with Crippen LogP contribution in [-0.2, 0) is 17.8 Å². The molecule has 0 aliphatic heterocycles. The Kier molecular flexibility index (Phi) is 6.12. The molecule has 2 aromatic heterocycles. The fourth-order valence-electron chi connectivity index (χ4n) is 3.79. The minimum atomic E-state index is -0.280. The Morgan fingerprint density at radius 1 is 1.10 bits per heavy atom. The van der Waals surface area contributed by atoms with E-state index in [0.29, 0.717) is 19.4 Å². The SMILES string of the molecule is Cc1ccc(Cn2c(CCC(=O)N[C@@H](C)c3ccc(F)cc3)cc3cccnc32)cc1. The van der Waals surface area contributed by atoms with Crippen LogP contribution in [0.15, 0.2) is 72.9 Å². The number of amides is 1. The number of hydrogen-bond acceptors (Lipinski definition) is 2. The zero-order valence-corrected chi connectivity index (χ0v) is 17.8. The van der Waals surface area contributed by atoms with Gasteiger partial charge in [0.1, 0.15) is 11.5 Å². The second kappa shape index (κ2) is 9.13. The Bertz CT molecular complexity index is 1180. The molecule has 5 heteroatoms. The van der Waals surface area contributed by atoms with Gasteiger partial charge in [-0.1, -0.05) is 42.0 Å². The van der Waals surface area contributed by atoms with Crippen LogP contribution in [0.5, 0.6) is 0 Å². The predicted octanol–water partition coefficient (Wildman–Crippen LogP) is 5.34. The molecule has 0 unspecified atom stereocenters. The molecule has 0 bridgehead atoms. The largest absolute Gasteiger partial charge is 0.350 e. The smallest absolute Gasteiger partial charge is 0.220 e. The zero-order chi connectivity index (χ0) is 21.8. The Balaban J connectivity index is 1.48. The third-order valence-corrected chi connectivity index (χ3v) is 5.56. The number of nitrogens with zero attached hydrogens (tertiary/aromatic N) is 2. The topological polar surface area (TPSA) is 46.9 Å². The van der Waals surface area contributed by atoms with Gasteiger partial charge in [0.2, 0.25) is 5.91 Å². The maximum atomic E-state index is 13.1. The van der Waals surface area contributed by atoms with Crippen LogP contribution < -0.4 is 5.32 Å². The van der Waals surface area contributed by atoms with Gasteiger partial charge in [-0.2, -0.15) is 0 Å². The molecule has 158 valence electrons. The average Bonchev–Trinajstić information content (AvgIpc) is 3.11. The van der Waals surface area contributed by atoms with Gasteiger partial charge in [-0.25, -0.2) is 9.37 Å². The highest BCUT2D eigenvalue weighted by molar-refractivity contribution is 5.79. The summed E-state index contributed by atoms with van der Waals surface area (Å²) in [5, 5.41) is 4.08. The third-order valence-electron chi connectivity index (χ3n) is 5.56. The Morgan fingerprint density at radius 3 is 2.58 bits per heavy atom. The molecule has 0 saturated heterocycles. The highest BCUT2D eigenvalue weighted by atomic mass is 19.1. The highest BCUT2D eigenvalue weighted by Crippen LogP contribution is 2.21. The van der Waals surface area contributed by atoms with E-state index in [0.717, 1.165) is 22.3 Å². The maximum Gasteiger partial charge on any atom is 0.220 e. The Hall–Kier alpha value is -3.47. The van der Waals surface area contributed by atoms with Crippen LogP contribution in [-0.4, -0.2) is 15.5 Å². The van der Waals surface area contributed by atoms with E-state index in [9.17, 15) is 9.18 Å². The summed E-state index contributed by atoms with van der Waals surface area (Å²) in [7, 11) is 0. The van der Waals surface area contributed by atoms with E-state index in [4.69, 9.17) is 0 Å². The molecular weight excluding hydrogens is 389 g/mol. The molecule has 0 spiro atoms. The third kappa shape index (κ3) is 5.00. The van der Waals surface area contributed by atoms with Gasteiger partial charge in [0.25, 0.3) is 0 Å². The monoisotopic (exact) mass is 415 g/mol. The number of aryl methyl sites for hydroxylation is 2. The van der Waals surface area contributed by atoms with Gasteiger partial charge >= 0.3 is 0 Å². The van der Waals surface area contributed by atoms with Crippen molar-refractivity contribution in [3.05, 3.63) is 101 Å². The van der Waals surface area contributed by atoms with E-state index < -0.39 is 0 Å². The first-order valence-corrected chi connectivity index (χ1v) is 10.5. The molecule has 0 fully saturated rings. The number of pyridine rings is 1. The second-order valence-corrected chi connectivity index (χ2v) is 7.96. The molecule has 0 aliphatic rings. The molecule has 0 aliphatic carbocycles. The standard InChI is InChI=1S/C26H26FN3O/c1-18-5-7-20(8-6-18)17-30-24(16-22-4-3-15-28-26(22)30)13-14-25(31)29-19(2)21-9-11-23(27)12-10-21/h3-12,15-16,19H,13-14,17H2,1-2H3,(H,29,31)/t19-/m0/s1. The number of carbonyl (C=O) groups excluding carboxylic acids is 1. The molecule has 1 amide bonds. The number of rotatable bonds is 7. The van der Waals surface area contributed by atoms with Gasteiger partial charge in [-0.05, 0) is 61.7 Å². The maximum absolute atomic E-state index is 13.1. The number of fused-ring (bicyclic) bond motifs is 1. The first kappa shape index (κ1) is 20.8. The number of aromatic nitrogens is 2. The van der Waals surface area contributed by atoms with Gasteiger partial charge in [0.05, 0.1) is 6.04 Å². The van der Waals surface area contributed by atoms with Crippen LogP contribution in [0.4, 0.5) is 4.39 Å². The van der Waals surface area contributed by atoms with Crippen molar-refractivity contribution in [2.75, 3.05) is 0 Å². The van der Waals surface area contributed by atoms with E-state index in [1.165, 1.54) is 23.3 Å². The van der Waals surface area contributed by atoms with Gasteiger partial charge in [-0.3, -0.25) is 4.79 Å². The minimum absolute atomic E-state index is 0.0306. The quantitative estimate of drug-likeness (QED) is 0.443. The van der Waals surface area contributed by atoms with Crippen molar-refractivity contribution in [1.29, 1.82) is 0 Å². The second-order valence-electron chi connectivity index (χ2n) is 7.96. The molecule has 0 saturated carbocycles. The number of benzene rings is 2. The molecule has 4 rings (SSSR count). The van der Waals surface area contributed by atoms with Crippen molar-refractivity contribution in [2.24, 2.45) is 0 Å². The lowest BCUT2D eigenvalue weighted by Gasteiger charge is -2.15. The molecule has 2 heterocycles. The van der Waals surface area contributed by atoms with E-state index in [-0.39, 0.29) is 17.8 Å². The summed E-state index contributed by atoms with van der Waals surface area (Å²) in [6.07, 6.45) is 2.79. The number of nitrogens with one attached hydrogen (secondary N) is 1. The average molecular weight is 416 g/mol. The fraction of sp³-hybridized carbons (Fsp3) is 0.231. The molecule has 31 heavy (non-hydrogen) atoms. The number of hydrogen-bond donors (Lipinski definition) is 1. The van der Waals surface area contributed by atoms with E-state index in [1.54, 1.807) is 18.3 Å². The summed E-state index contributed by atoms with van der Waals surface area (Å²) in [4.78, 5) is 17.1. The highest BCUT2D eigenvalue weighted by Gasteiger charge is 2.14. The first-order chi connectivity index (χ1) is 15.0. The summed E-state index contributed by atoms with van der Waals surface area (Å²) in [6, 6.07) is 20.6. The van der Waals surface area contributed by atoms with Crippen LogP contribution in [0.25, 0.3) is 11.0 Å². The molecule has 4 aromatic rings. The van der Waals surface area contributed by atoms with Crippen LogP contribution >= 0.6 is 0 Å². The van der Waals surface area contributed by atoms with Crippen molar-refractivity contribution in [2.45, 2.75) is 39.3 Å². The van der Waals surface area contributed by atoms with Gasteiger partial charge in [0, 0.05) is 30.2 Å². The molecule has 2 aromatic carbocycles. The Labute approximate surface area is 181 Å². The number of carbonyl (C=O) groups is 1. The molecule has 1 N–H and O–H groups in total. The lowest BCUT2D eigenvalue weighted by molar-refractivity contribution is -0.121. The van der Waals surface area contributed by atoms with Gasteiger partial charge in [-0.15, -0.1) is 0 Å². The summed E-state index contributed by atoms with van der Waals surface area (Å²) < 4.78 is 15.3. The molecule has 4 nitrogen and oxygen atoms in total. The van der Waals surface area contributed by atoms with Crippen molar-refractivity contribution in [1.82, 2.24) is 14.9 Å². The summed E-state index contributed by atoms with van der Waals surface area (Å²) >= 11 is 0. The lowest BCUT2D eigenvalue weighted by atomic mass is 10.1. The van der Waals surface area contributed by atoms with Crippen molar-refractivity contribution in [3.63, 3.8) is 0 Å². The van der Waals surface area contributed by atoms with Crippen LogP contribution in [0.3, 0.4) is 0 Å². The van der Waals surface area contributed by atoms with Crippen LogP contribution in [0, 0.1) is 12.7 Å².